The molecule has 16 heavy (non-hydrogen) atoms. The lowest BCUT2D eigenvalue weighted by Crippen LogP contribution is -2.27. The van der Waals surface area contributed by atoms with E-state index in [1.165, 1.54) is 6.07 Å². The molecule has 1 aromatic rings. The van der Waals surface area contributed by atoms with Gasteiger partial charge >= 0.3 is 0 Å². The third-order valence-electron chi connectivity index (χ3n) is 3.16. The van der Waals surface area contributed by atoms with E-state index in [0.29, 0.717) is 22.1 Å². The van der Waals surface area contributed by atoms with Crippen LogP contribution in [-0.4, -0.2) is 12.6 Å². The molecule has 1 heterocycles. The zero-order valence-corrected chi connectivity index (χ0v) is 11.1. The predicted molar refractivity (Wildman–Crippen MR) is 69.1 cm³/mol. The number of nitrogens with zero attached hydrogens (tertiary/aromatic N) is 1. The fraction of sp³-hybridized carbons (Fsp3) is 0.500. The van der Waals surface area contributed by atoms with Crippen molar-refractivity contribution in [1.29, 1.82) is 0 Å². The molecule has 4 heteroatoms. The second-order valence-electron chi connectivity index (χ2n) is 4.67. The third kappa shape index (κ3) is 2.03. The molecule has 0 aromatic heterocycles. The Kier molecular flexibility index (Phi) is 3.10. The van der Waals surface area contributed by atoms with Gasteiger partial charge in [-0.1, -0.05) is 6.92 Å². The van der Waals surface area contributed by atoms with Crippen LogP contribution in [0.15, 0.2) is 16.6 Å². The molecule has 2 N–H and O–H groups in total. The highest BCUT2D eigenvalue weighted by molar-refractivity contribution is 9.10. The van der Waals surface area contributed by atoms with Crippen molar-refractivity contribution >= 4 is 27.3 Å². The lowest BCUT2D eigenvalue weighted by Gasteiger charge is -2.25. The molecular weight excluding hydrogens is 271 g/mol. The summed E-state index contributed by atoms with van der Waals surface area (Å²) in [6, 6.07) is 3.63. The van der Waals surface area contributed by atoms with Crippen LogP contribution in [0.3, 0.4) is 0 Å². The van der Waals surface area contributed by atoms with Gasteiger partial charge in [-0.2, -0.15) is 0 Å². The van der Waals surface area contributed by atoms with Crippen molar-refractivity contribution in [3.8, 4) is 0 Å². The van der Waals surface area contributed by atoms with Gasteiger partial charge in [-0.25, -0.2) is 4.39 Å². The minimum absolute atomic E-state index is 0.304. The Balaban J connectivity index is 2.37. The van der Waals surface area contributed by atoms with E-state index >= 15 is 0 Å². The quantitative estimate of drug-likeness (QED) is 0.802. The van der Waals surface area contributed by atoms with E-state index in [-0.39, 0.29) is 5.82 Å². The van der Waals surface area contributed by atoms with Crippen molar-refractivity contribution in [2.45, 2.75) is 26.3 Å². The molecule has 1 aliphatic heterocycles. The minimum atomic E-state index is -0.304. The van der Waals surface area contributed by atoms with Crippen LogP contribution in [0.25, 0.3) is 0 Å². The summed E-state index contributed by atoms with van der Waals surface area (Å²) in [4.78, 5) is 2.25. The van der Waals surface area contributed by atoms with Crippen molar-refractivity contribution in [3.63, 3.8) is 0 Å². The number of benzene rings is 1. The predicted octanol–water partition coefficient (Wildman–Crippen LogP) is 3.41. The first-order valence-corrected chi connectivity index (χ1v) is 6.29. The van der Waals surface area contributed by atoms with Crippen LogP contribution in [0.2, 0.25) is 0 Å². The molecule has 2 rings (SSSR count). The van der Waals surface area contributed by atoms with Gasteiger partial charge < -0.3 is 10.6 Å². The summed E-state index contributed by atoms with van der Waals surface area (Å²) in [5.74, 6) is 0.361. The van der Waals surface area contributed by atoms with E-state index < -0.39 is 0 Å². The zero-order chi connectivity index (χ0) is 11.9. The molecule has 1 saturated heterocycles. The van der Waals surface area contributed by atoms with Gasteiger partial charge in [0.25, 0.3) is 0 Å². The molecule has 0 saturated carbocycles. The van der Waals surface area contributed by atoms with Crippen molar-refractivity contribution in [3.05, 3.63) is 22.4 Å². The Labute approximate surface area is 104 Å². The van der Waals surface area contributed by atoms with Gasteiger partial charge in [0.1, 0.15) is 5.82 Å². The van der Waals surface area contributed by atoms with Crippen molar-refractivity contribution in [2.75, 3.05) is 17.2 Å². The van der Waals surface area contributed by atoms with Gasteiger partial charge in [0, 0.05) is 18.7 Å². The van der Waals surface area contributed by atoms with Crippen LogP contribution >= 0.6 is 15.9 Å². The van der Waals surface area contributed by atoms with Crippen LogP contribution in [0.5, 0.6) is 0 Å². The topological polar surface area (TPSA) is 29.3 Å². The molecule has 0 amide bonds. The van der Waals surface area contributed by atoms with Crippen LogP contribution in [0, 0.1) is 11.7 Å². The van der Waals surface area contributed by atoms with Gasteiger partial charge in [-0.3, -0.25) is 0 Å². The number of hydrogen-bond acceptors (Lipinski definition) is 2. The lowest BCUT2D eigenvalue weighted by atomic mass is 10.1. The number of rotatable bonds is 1. The monoisotopic (exact) mass is 286 g/mol. The highest BCUT2D eigenvalue weighted by Crippen LogP contribution is 2.35. The molecule has 0 aliphatic carbocycles. The standard InChI is InChI=1S/C12H16BrFN2/c1-7-3-8(2)16(6-7)12-4-9(13)10(14)5-11(12)15/h4-5,7-8H,3,6,15H2,1-2H3. The first-order valence-electron chi connectivity index (χ1n) is 5.50. The first kappa shape index (κ1) is 11.7. The SMILES string of the molecule is CC1CC(C)N(c2cc(Br)c(F)cc2N)C1. The molecule has 0 radical (unpaired) electrons. The van der Waals surface area contributed by atoms with Crippen molar-refractivity contribution in [2.24, 2.45) is 5.92 Å². The number of hydrogen-bond donors (Lipinski definition) is 1. The summed E-state index contributed by atoms with van der Waals surface area (Å²) >= 11 is 3.21. The summed E-state index contributed by atoms with van der Waals surface area (Å²) in [6.45, 7) is 5.40. The molecule has 0 spiro atoms. The number of anilines is 2. The van der Waals surface area contributed by atoms with Gasteiger partial charge in [-0.15, -0.1) is 0 Å². The number of nitrogens with two attached hydrogens (primary N) is 1. The summed E-state index contributed by atoms with van der Waals surface area (Å²) in [6.07, 6.45) is 1.16. The Morgan fingerprint density at radius 1 is 1.44 bits per heavy atom. The van der Waals surface area contributed by atoms with E-state index in [4.69, 9.17) is 5.73 Å². The molecule has 2 atom stereocenters. The smallest absolute Gasteiger partial charge is 0.139 e. The fourth-order valence-electron chi connectivity index (χ4n) is 2.44. The molecular formula is C12H16BrFN2. The largest absolute Gasteiger partial charge is 0.397 e. The Bertz CT molecular complexity index is 408. The van der Waals surface area contributed by atoms with Crippen LogP contribution in [-0.2, 0) is 0 Å². The van der Waals surface area contributed by atoms with Crippen molar-refractivity contribution < 1.29 is 4.39 Å². The van der Waals surface area contributed by atoms with Gasteiger partial charge in [0.15, 0.2) is 0 Å². The highest BCUT2D eigenvalue weighted by atomic mass is 79.9. The Morgan fingerprint density at radius 2 is 2.12 bits per heavy atom. The average Bonchev–Trinajstić information content (AvgIpc) is 2.51. The average molecular weight is 287 g/mol. The molecule has 2 unspecified atom stereocenters. The minimum Gasteiger partial charge on any atom is -0.397 e. The highest BCUT2D eigenvalue weighted by Gasteiger charge is 2.27. The molecule has 1 aromatic carbocycles. The number of nitrogen functional groups attached to an aromatic ring is 1. The van der Waals surface area contributed by atoms with Crippen LogP contribution in [0.4, 0.5) is 15.8 Å². The first-order chi connectivity index (χ1) is 7.49. The summed E-state index contributed by atoms with van der Waals surface area (Å²) in [7, 11) is 0. The molecule has 2 nitrogen and oxygen atoms in total. The number of halogens is 2. The van der Waals surface area contributed by atoms with E-state index in [0.717, 1.165) is 18.7 Å². The van der Waals surface area contributed by atoms with Gasteiger partial charge in [0.05, 0.1) is 15.8 Å². The van der Waals surface area contributed by atoms with Crippen LogP contribution in [0.1, 0.15) is 20.3 Å². The van der Waals surface area contributed by atoms with Crippen molar-refractivity contribution in [1.82, 2.24) is 0 Å². The molecule has 0 bridgehead atoms. The molecule has 1 fully saturated rings. The summed E-state index contributed by atoms with van der Waals surface area (Å²) < 4.78 is 13.8. The zero-order valence-electron chi connectivity index (χ0n) is 9.50. The van der Waals surface area contributed by atoms with Gasteiger partial charge in [-0.05, 0) is 41.3 Å². The second-order valence-corrected chi connectivity index (χ2v) is 5.52. The van der Waals surface area contributed by atoms with E-state index in [1.54, 1.807) is 6.07 Å². The second kappa shape index (κ2) is 4.24. The fourth-order valence-corrected chi connectivity index (χ4v) is 2.77. The Hall–Kier alpha value is -0.770. The summed E-state index contributed by atoms with van der Waals surface area (Å²) in [5.41, 5.74) is 7.33. The maximum atomic E-state index is 13.3. The van der Waals surface area contributed by atoms with E-state index in [2.05, 4.69) is 34.7 Å². The Morgan fingerprint density at radius 3 is 2.69 bits per heavy atom. The maximum Gasteiger partial charge on any atom is 0.139 e. The maximum absolute atomic E-state index is 13.3. The molecule has 88 valence electrons. The van der Waals surface area contributed by atoms with Crippen LogP contribution < -0.4 is 10.6 Å². The lowest BCUT2D eigenvalue weighted by molar-refractivity contribution is 0.620. The van der Waals surface area contributed by atoms with Gasteiger partial charge in [0.2, 0.25) is 0 Å². The summed E-state index contributed by atoms with van der Waals surface area (Å²) in [5, 5.41) is 0. The molecule has 1 aliphatic rings. The normalized spacial score (nSPS) is 25.1. The van der Waals surface area contributed by atoms with E-state index in [9.17, 15) is 4.39 Å². The third-order valence-corrected chi connectivity index (χ3v) is 3.77. The van der Waals surface area contributed by atoms with E-state index in [1.807, 2.05) is 0 Å².